The summed E-state index contributed by atoms with van der Waals surface area (Å²) in [6.07, 6.45) is 0. The zero-order chi connectivity index (χ0) is 12.6. The highest BCUT2D eigenvalue weighted by Crippen LogP contribution is 2.38. The van der Waals surface area contributed by atoms with Crippen LogP contribution in [0.25, 0.3) is 11.3 Å². The lowest BCUT2D eigenvalue weighted by atomic mass is 10.1. The van der Waals surface area contributed by atoms with Crippen molar-refractivity contribution in [3.05, 3.63) is 24.0 Å². The number of aromatic hydroxyl groups is 1. The van der Waals surface area contributed by atoms with Crippen LogP contribution in [0, 0.1) is 5.82 Å². The topological polar surface area (TPSA) is 73.3 Å². The van der Waals surface area contributed by atoms with E-state index in [1.165, 1.54) is 23.9 Å². The maximum Gasteiger partial charge on any atom is 0.197 e. The molecule has 5 nitrogen and oxygen atoms in total. The van der Waals surface area contributed by atoms with Gasteiger partial charge in [0.2, 0.25) is 0 Å². The molecule has 2 aromatic rings. The highest BCUT2D eigenvalue weighted by molar-refractivity contribution is 5.72. The van der Waals surface area contributed by atoms with Gasteiger partial charge in [-0.1, -0.05) is 0 Å². The lowest BCUT2D eigenvalue weighted by molar-refractivity contribution is 0.352. The minimum atomic E-state index is -0.627. The predicted molar refractivity (Wildman–Crippen MR) is 61.2 cm³/mol. The first kappa shape index (κ1) is 11.3. The molecule has 1 aromatic carbocycles. The first-order valence-corrected chi connectivity index (χ1v) is 4.90. The Bertz CT molecular complexity index is 547. The van der Waals surface area contributed by atoms with E-state index in [1.54, 1.807) is 13.1 Å². The molecule has 90 valence electrons. The summed E-state index contributed by atoms with van der Waals surface area (Å²) in [6, 6.07) is 4.22. The van der Waals surface area contributed by atoms with Crippen molar-refractivity contribution in [1.29, 1.82) is 0 Å². The van der Waals surface area contributed by atoms with Crippen molar-refractivity contribution in [2.75, 3.05) is 12.8 Å². The minimum Gasteiger partial charge on any atom is -0.504 e. The molecule has 17 heavy (non-hydrogen) atoms. The van der Waals surface area contributed by atoms with Crippen molar-refractivity contribution in [3.8, 4) is 22.8 Å². The van der Waals surface area contributed by atoms with Crippen LogP contribution in [0.4, 0.5) is 10.2 Å². The van der Waals surface area contributed by atoms with Crippen molar-refractivity contribution in [2.45, 2.75) is 0 Å². The Hall–Kier alpha value is -2.24. The molecule has 0 fully saturated rings. The Morgan fingerprint density at radius 2 is 2.18 bits per heavy atom. The largest absolute Gasteiger partial charge is 0.504 e. The third-order valence-corrected chi connectivity index (χ3v) is 2.48. The highest BCUT2D eigenvalue weighted by atomic mass is 19.1. The number of phenols is 1. The monoisotopic (exact) mass is 237 g/mol. The molecule has 0 aliphatic rings. The second kappa shape index (κ2) is 3.97. The van der Waals surface area contributed by atoms with Gasteiger partial charge in [-0.25, -0.2) is 4.39 Å². The smallest absolute Gasteiger partial charge is 0.197 e. The molecule has 0 saturated heterocycles. The van der Waals surface area contributed by atoms with Gasteiger partial charge >= 0.3 is 0 Å². The molecule has 0 amide bonds. The van der Waals surface area contributed by atoms with E-state index in [4.69, 9.17) is 10.5 Å². The summed E-state index contributed by atoms with van der Waals surface area (Å²) in [5.74, 6) is -0.669. The van der Waals surface area contributed by atoms with Crippen molar-refractivity contribution in [2.24, 2.45) is 7.05 Å². The van der Waals surface area contributed by atoms with Crippen LogP contribution in [-0.4, -0.2) is 22.0 Å². The summed E-state index contributed by atoms with van der Waals surface area (Å²) in [5.41, 5.74) is 6.47. The number of hydrogen-bond donors (Lipinski definition) is 2. The summed E-state index contributed by atoms with van der Waals surface area (Å²) in [6.45, 7) is 0. The number of nitrogen functional groups attached to an aromatic ring is 1. The molecule has 0 atom stereocenters. The number of benzene rings is 1. The van der Waals surface area contributed by atoms with Crippen LogP contribution < -0.4 is 10.5 Å². The number of ether oxygens (including phenoxy) is 1. The van der Waals surface area contributed by atoms with E-state index in [0.717, 1.165) is 0 Å². The molecule has 0 bridgehead atoms. The normalized spacial score (nSPS) is 10.5. The number of nitrogens with zero attached hydrogens (tertiary/aromatic N) is 2. The summed E-state index contributed by atoms with van der Waals surface area (Å²) in [7, 11) is 2.96. The molecule has 3 N–H and O–H groups in total. The summed E-state index contributed by atoms with van der Waals surface area (Å²) < 4.78 is 19.5. The fourth-order valence-electron chi connectivity index (χ4n) is 1.56. The van der Waals surface area contributed by atoms with Gasteiger partial charge in [0.1, 0.15) is 5.82 Å². The Kier molecular flexibility index (Phi) is 2.63. The number of methoxy groups -OCH3 is 1. The van der Waals surface area contributed by atoms with Gasteiger partial charge in [-0.3, -0.25) is 4.68 Å². The molecule has 1 heterocycles. The van der Waals surface area contributed by atoms with Gasteiger partial charge in [0.05, 0.1) is 12.8 Å². The van der Waals surface area contributed by atoms with Gasteiger partial charge < -0.3 is 15.6 Å². The minimum absolute atomic E-state index is 0.202. The molecule has 6 heteroatoms. The van der Waals surface area contributed by atoms with Crippen molar-refractivity contribution >= 4 is 5.82 Å². The quantitative estimate of drug-likeness (QED) is 0.830. The standard InChI is InChI=1S/C11H12FN3O2/c1-15-9(13)5-8(14-15)6-3-4-7(12)11(17-2)10(6)16/h3-5,16H,13H2,1-2H3. The zero-order valence-electron chi connectivity index (χ0n) is 9.44. The highest BCUT2D eigenvalue weighted by Gasteiger charge is 2.16. The number of halogens is 1. The third-order valence-electron chi connectivity index (χ3n) is 2.48. The molecule has 2 rings (SSSR count). The van der Waals surface area contributed by atoms with E-state index in [-0.39, 0.29) is 11.5 Å². The van der Waals surface area contributed by atoms with E-state index in [2.05, 4.69) is 5.10 Å². The van der Waals surface area contributed by atoms with Gasteiger partial charge in [-0.05, 0) is 12.1 Å². The second-order valence-corrected chi connectivity index (χ2v) is 3.55. The van der Waals surface area contributed by atoms with Crippen LogP contribution in [-0.2, 0) is 7.05 Å². The summed E-state index contributed by atoms with van der Waals surface area (Å²) in [4.78, 5) is 0. The molecule has 0 unspecified atom stereocenters. The Morgan fingerprint density at radius 3 is 2.71 bits per heavy atom. The number of anilines is 1. The molecule has 0 spiro atoms. The number of aryl methyl sites for hydroxylation is 1. The second-order valence-electron chi connectivity index (χ2n) is 3.55. The van der Waals surface area contributed by atoms with Crippen molar-refractivity contribution in [3.63, 3.8) is 0 Å². The maximum atomic E-state index is 13.3. The number of nitrogens with two attached hydrogens (primary N) is 1. The first-order chi connectivity index (χ1) is 8.04. The van der Waals surface area contributed by atoms with Gasteiger partial charge in [0, 0.05) is 18.7 Å². The molecule has 1 aromatic heterocycles. The van der Waals surface area contributed by atoms with Crippen molar-refractivity contribution in [1.82, 2.24) is 9.78 Å². The third kappa shape index (κ3) is 1.77. The zero-order valence-corrected chi connectivity index (χ0v) is 9.44. The van der Waals surface area contributed by atoms with Crippen LogP contribution in [0.5, 0.6) is 11.5 Å². The van der Waals surface area contributed by atoms with Gasteiger partial charge in [0.15, 0.2) is 17.3 Å². The number of rotatable bonds is 2. The lowest BCUT2D eigenvalue weighted by Gasteiger charge is -2.07. The average molecular weight is 237 g/mol. The number of phenolic OH excluding ortho intramolecular Hbond substituents is 1. The van der Waals surface area contributed by atoms with Crippen LogP contribution in [0.3, 0.4) is 0 Å². The fraction of sp³-hybridized carbons (Fsp3) is 0.182. The van der Waals surface area contributed by atoms with E-state index in [1.807, 2.05) is 0 Å². The predicted octanol–water partition coefficient (Wildman–Crippen LogP) is 1.52. The van der Waals surface area contributed by atoms with Crippen LogP contribution >= 0.6 is 0 Å². The molecule has 0 saturated carbocycles. The summed E-state index contributed by atoms with van der Waals surface area (Å²) >= 11 is 0. The number of aromatic nitrogens is 2. The Morgan fingerprint density at radius 1 is 1.47 bits per heavy atom. The lowest BCUT2D eigenvalue weighted by Crippen LogP contribution is -1.96. The average Bonchev–Trinajstić information content (AvgIpc) is 2.59. The Balaban J connectivity index is 2.60. The van der Waals surface area contributed by atoms with E-state index in [0.29, 0.717) is 17.1 Å². The van der Waals surface area contributed by atoms with Gasteiger partial charge in [-0.15, -0.1) is 0 Å². The van der Waals surface area contributed by atoms with E-state index < -0.39 is 5.82 Å². The molecular formula is C11H12FN3O2. The van der Waals surface area contributed by atoms with E-state index >= 15 is 0 Å². The van der Waals surface area contributed by atoms with Gasteiger partial charge in [0.25, 0.3) is 0 Å². The molecule has 0 aliphatic heterocycles. The SMILES string of the molecule is COc1c(F)ccc(-c2cc(N)n(C)n2)c1O. The molecule has 0 radical (unpaired) electrons. The number of hydrogen-bond acceptors (Lipinski definition) is 4. The van der Waals surface area contributed by atoms with Crippen LogP contribution in [0.1, 0.15) is 0 Å². The first-order valence-electron chi connectivity index (χ1n) is 4.90. The maximum absolute atomic E-state index is 13.3. The molecular weight excluding hydrogens is 225 g/mol. The van der Waals surface area contributed by atoms with Crippen molar-refractivity contribution < 1.29 is 14.2 Å². The summed E-state index contributed by atoms with van der Waals surface area (Å²) in [5, 5.41) is 14.0. The van der Waals surface area contributed by atoms with E-state index in [9.17, 15) is 9.50 Å². The molecule has 0 aliphatic carbocycles. The van der Waals surface area contributed by atoms with Crippen LogP contribution in [0.2, 0.25) is 0 Å². The van der Waals surface area contributed by atoms with Crippen LogP contribution in [0.15, 0.2) is 18.2 Å². The van der Waals surface area contributed by atoms with Gasteiger partial charge in [-0.2, -0.15) is 5.10 Å². The Labute approximate surface area is 97.2 Å². The fourth-order valence-corrected chi connectivity index (χ4v) is 1.56.